The fourth-order valence-corrected chi connectivity index (χ4v) is 2.51. The van der Waals surface area contributed by atoms with Gasteiger partial charge >= 0.3 is 6.18 Å². The lowest BCUT2D eigenvalue weighted by atomic mass is 10.0. The first-order valence-electron chi connectivity index (χ1n) is 7.47. The highest BCUT2D eigenvalue weighted by atomic mass is 19.4. The molecule has 0 aliphatic heterocycles. The van der Waals surface area contributed by atoms with Gasteiger partial charge in [0.25, 0.3) is 5.91 Å². The Bertz CT molecular complexity index is 710. The van der Waals surface area contributed by atoms with Crippen molar-refractivity contribution in [1.29, 1.82) is 0 Å². The van der Waals surface area contributed by atoms with Gasteiger partial charge in [0, 0.05) is 12.1 Å². The molecular weight excluding hydrogens is 322 g/mol. The first-order chi connectivity index (χ1) is 11.2. The first-order valence-corrected chi connectivity index (χ1v) is 7.47. The van der Waals surface area contributed by atoms with Crippen molar-refractivity contribution >= 4 is 5.91 Å². The average Bonchev–Trinajstić information content (AvgIpc) is 2.55. The minimum Gasteiger partial charge on any atom is -0.332 e. The molecule has 0 aliphatic rings. The second-order valence-corrected chi connectivity index (χ2v) is 5.40. The summed E-state index contributed by atoms with van der Waals surface area (Å²) in [5.74, 6) is -0.817. The monoisotopic (exact) mass is 339 g/mol. The van der Waals surface area contributed by atoms with Crippen LogP contribution in [0, 0.1) is 5.82 Å². The Morgan fingerprint density at radius 2 is 1.75 bits per heavy atom. The summed E-state index contributed by atoms with van der Waals surface area (Å²) in [6, 6.07) is 9.45. The van der Waals surface area contributed by atoms with Crippen molar-refractivity contribution in [3.8, 4) is 0 Å². The van der Waals surface area contributed by atoms with E-state index in [1.807, 2.05) is 0 Å². The summed E-state index contributed by atoms with van der Waals surface area (Å²) in [6.45, 7) is 3.72. The molecule has 1 unspecified atom stereocenters. The van der Waals surface area contributed by atoms with Crippen LogP contribution < -0.4 is 0 Å². The molecule has 1 amide bonds. The summed E-state index contributed by atoms with van der Waals surface area (Å²) in [7, 11) is 0. The molecule has 0 spiro atoms. The predicted octanol–water partition coefficient (Wildman–Crippen LogP) is 5.07. The fraction of sp³-hybridized carbons (Fsp3) is 0.278. The van der Waals surface area contributed by atoms with Gasteiger partial charge in [-0.15, -0.1) is 0 Å². The molecule has 1 atom stereocenters. The highest BCUT2D eigenvalue weighted by Gasteiger charge is 2.31. The number of amides is 1. The minimum atomic E-state index is -4.44. The standard InChI is InChI=1S/C18H17F4NO/c1-3-23(17(24)13-7-9-16(19)10-8-13)12(2)14-5-4-6-15(11-14)18(20,21)22/h4-12H,3H2,1-2H3. The molecule has 0 bridgehead atoms. The van der Waals surface area contributed by atoms with E-state index < -0.39 is 23.6 Å². The molecule has 0 saturated heterocycles. The zero-order valence-electron chi connectivity index (χ0n) is 13.3. The molecule has 6 heteroatoms. The highest BCUT2D eigenvalue weighted by Crippen LogP contribution is 2.32. The van der Waals surface area contributed by atoms with Crippen LogP contribution >= 0.6 is 0 Å². The predicted molar refractivity (Wildman–Crippen MR) is 83.0 cm³/mol. The van der Waals surface area contributed by atoms with Crippen molar-refractivity contribution in [2.24, 2.45) is 0 Å². The third-order valence-corrected chi connectivity index (χ3v) is 3.86. The number of alkyl halides is 3. The maximum atomic E-state index is 13.0. The molecule has 0 N–H and O–H groups in total. The quantitative estimate of drug-likeness (QED) is 0.712. The van der Waals surface area contributed by atoms with E-state index in [0.717, 1.165) is 12.1 Å². The van der Waals surface area contributed by atoms with E-state index >= 15 is 0 Å². The van der Waals surface area contributed by atoms with Crippen LogP contribution in [0.25, 0.3) is 0 Å². The number of benzene rings is 2. The molecule has 2 rings (SSSR count). The van der Waals surface area contributed by atoms with Crippen LogP contribution in [0.1, 0.15) is 41.4 Å². The number of halogens is 4. The van der Waals surface area contributed by atoms with Gasteiger partial charge in [0.2, 0.25) is 0 Å². The van der Waals surface area contributed by atoms with Crippen LogP contribution in [0.5, 0.6) is 0 Å². The van der Waals surface area contributed by atoms with Crippen LogP contribution in [0.2, 0.25) is 0 Å². The zero-order chi connectivity index (χ0) is 17.9. The Balaban J connectivity index is 2.30. The van der Waals surface area contributed by atoms with Crippen molar-refractivity contribution in [3.63, 3.8) is 0 Å². The normalized spacial score (nSPS) is 12.8. The molecular formula is C18H17F4NO. The highest BCUT2D eigenvalue weighted by molar-refractivity contribution is 5.94. The van der Waals surface area contributed by atoms with Crippen LogP contribution in [-0.4, -0.2) is 17.4 Å². The van der Waals surface area contributed by atoms with E-state index in [1.54, 1.807) is 19.9 Å². The SMILES string of the molecule is CCN(C(=O)c1ccc(F)cc1)C(C)c1cccc(C(F)(F)F)c1. The summed E-state index contributed by atoms with van der Waals surface area (Å²) in [6.07, 6.45) is -4.44. The van der Waals surface area contributed by atoms with Gasteiger partial charge in [-0.3, -0.25) is 4.79 Å². The van der Waals surface area contributed by atoms with E-state index in [4.69, 9.17) is 0 Å². The van der Waals surface area contributed by atoms with Crippen LogP contribution in [0.4, 0.5) is 17.6 Å². The molecule has 0 aliphatic carbocycles. The lowest BCUT2D eigenvalue weighted by Crippen LogP contribution is -2.33. The fourth-order valence-electron chi connectivity index (χ4n) is 2.51. The molecule has 2 aromatic carbocycles. The summed E-state index contributed by atoms with van der Waals surface area (Å²) in [5, 5.41) is 0. The molecule has 0 heterocycles. The topological polar surface area (TPSA) is 20.3 Å². The van der Waals surface area contributed by atoms with E-state index in [0.29, 0.717) is 12.1 Å². The molecule has 0 aromatic heterocycles. The summed E-state index contributed by atoms with van der Waals surface area (Å²) < 4.78 is 51.6. The number of carbonyl (C=O) groups is 1. The Labute approximate surface area is 137 Å². The van der Waals surface area contributed by atoms with Crippen LogP contribution in [0.15, 0.2) is 48.5 Å². The maximum absolute atomic E-state index is 13.0. The second kappa shape index (κ2) is 7.03. The van der Waals surface area contributed by atoms with Gasteiger partial charge in [-0.25, -0.2) is 4.39 Å². The lowest BCUT2D eigenvalue weighted by molar-refractivity contribution is -0.137. The van der Waals surface area contributed by atoms with Gasteiger partial charge in [-0.1, -0.05) is 12.1 Å². The number of rotatable bonds is 4. The van der Waals surface area contributed by atoms with Crippen molar-refractivity contribution < 1.29 is 22.4 Å². The van der Waals surface area contributed by atoms with E-state index in [-0.39, 0.29) is 11.5 Å². The molecule has 24 heavy (non-hydrogen) atoms. The third-order valence-electron chi connectivity index (χ3n) is 3.86. The van der Waals surface area contributed by atoms with Crippen molar-refractivity contribution in [1.82, 2.24) is 4.90 Å². The second-order valence-electron chi connectivity index (χ2n) is 5.40. The van der Waals surface area contributed by atoms with Crippen molar-refractivity contribution in [2.75, 3.05) is 6.54 Å². The summed E-state index contributed by atoms with van der Waals surface area (Å²) >= 11 is 0. The molecule has 0 fully saturated rings. The van der Waals surface area contributed by atoms with Gasteiger partial charge in [-0.05, 0) is 55.8 Å². The lowest BCUT2D eigenvalue weighted by Gasteiger charge is -2.29. The number of hydrogen-bond acceptors (Lipinski definition) is 1. The van der Waals surface area contributed by atoms with Gasteiger partial charge in [0.15, 0.2) is 0 Å². The molecule has 2 nitrogen and oxygen atoms in total. The Kier molecular flexibility index (Phi) is 5.26. The zero-order valence-corrected chi connectivity index (χ0v) is 13.3. The average molecular weight is 339 g/mol. The van der Waals surface area contributed by atoms with Crippen molar-refractivity contribution in [3.05, 3.63) is 71.0 Å². The van der Waals surface area contributed by atoms with Gasteiger partial charge < -0.3 is 4.90 Å². The molecule has 0 radical (unpaired) electrons. The molecule has 0 saturated carbocycles. The number of carbonyl (C=O) groups excluding carboxylic acids is 1. The Morgan fingerprint density at radius 1 is 1.12 bits per heavy atom. The van der Waals surface area contributed by atoms with E-state index in [1.165, 1.54) is 35.2 Å². The Morgan fingerprint density at radius 3 is 2.29 bits per heavy atom. The van der Waals surface area contributed by atoms with E-state index in [2.05, 4.69) is 0 Å². The number of nitrogens with zero attached hydrogens (tertiary/aromatic N) is 1. The van der Waals surface area contributed by atoms with Crippen LogP contribution in [0.3, 0.4) is 0 Å². The minimum absolute atomic E-state index is 0.289. The van der Waals surface area contributed by atoms with Gasteiger partial charge in [0.05, 0.1) is 11.6 Å². The Hall–Kier alpha value is -2.37. The number of hydrogen-bond donors (Lipinski definition) is 0. The van der Waals surface area contributed by atoms with E-state index in [9.17, 15) is 22.4 Å². The van der Waals surface area contributed by atoms with Gasteiger partial charge in [-0.2, -0.15) is 13.2 Å². The third kappa shape index (κ3) is 3.93. The van der Waals surface area contributed by atoms with Crippen LogP contribution in [-0.2, 0) is 6.18 Å². The summed E-state index contributed by atoms with van der Waals surface area (Å²) in [5.41, 5.74) is -0.0728. The molecule has 2 aromatic rings. The summed E-state index contributed by atoms with van der Waals surface area (Å²) in [4.78, 5) is 14.0. The largest absolute Gasteiger partial charge is 0.416 e. The van der Waals surface area contributed by atoms with Crippen molar-refractivity contribution in [2.45, 2.75) is 26.1 Å². The van der Waals surface area contributed by atoms with Gasteiger partial charge in [0.1, 0.15) is 5.82 Å². The maximum Gasteiger partial charge on any atom is 0.416 e. The molecule has 128 valence electrons. The smallest absolute Gasteiger partial charge is 0.332 e. The first kappa shape index (κ1) is 18.0.